The van der Waals surface area contributed by atoms with E-state index in [9.17, 15) is 9.90 Å². The van der Waals surface area contributed by atoms with Crippen molar-refractivity contribution in [3.63, 3.8) is 0 Å². The molecule has 0 radical (unpaired) electrons. The van der Waals surface area contributed by atoms with Crippen LogP contribution in [0.4, 0.5) is 0 Å². The summed E-state index contributed by atoms with van der Waals surface area (Å²) in [6.45, 7) is 4.63. The van der Waals surface area contributed by atoms with E-state index in [2.05, 4.69) is 52.9 Å². The van der Waals surface area contributed by atoms with E-state index in [-0.39, 0.29) is 0 Å². The van der Waals surface area contributed by atoms with Gasteiger partial charge in [0.2, 0.25) is 0 Å². The van der Waals surface area contributed by atoms with E-state index >= 15 is 0 Å². The normalized spacial score (nSPS) is 32.3. The van der Waals surface area contributed by atoms with E-state index in [0.29, 0.717) is 34.8 Å². The molecule has 4 saturated carbocycles. The molecule has 0 bridgehead atoms. The third-order valence-corrected chi connectivity index (χ3v) is 14.9. The van der Waals surface area contributed by atoms with Crippen molar-refractivity contribution >= 4 is 34.8 Å². The number of Topliss-reactive ketones (excluding diaryl/α,β-unsaturated/α-hetero) is 1. The van der Waals surface area contributed by atoms with E-state index in [1.54, 1.807) is 0 Å². The minimum absolute atomic E-state index is 0.416. The van der Waals surface area contributed by atoms with E-state index in [4.69, 9.17) is 0 Å². The molecule has 0 unspecified atom stereocenters. The van der Waals surface area contributed by atoms with E-state index in [0.717, 1.165) is 61.2 Å². The van der Waals surface area contributed by atoms with Crippen LogP contribution in [0.15, 0.2) is 39.1 Å². The predicted molar refractivity (Wildman–Crippen MR) is 180 cm³/mol. The molecule has 42 heavy (non-hydrogen) atoms. The molecule has 0 atom stereocenters. The third-order valence-electron chi connectivity index (χ3n) is 11.4. The van der Waals surface area contributed by atoms with E-state index in [1.165, 1.54) is 107 Å². The predicted octanol–water partition coefficient (Wildman–Crippen LogP) is 9.82. The Morgan fingerprint density at radius 2 is 1.14 bits per heavy atom. The first-order valence-electron chi connectivity index (χ1n) is 17.8. The topological polar surface area (TPSA) is 37.3 Å². The average molecular weight is 707 g/mol. The van der Waals surface area contributed by atoms with Gasteiger partial charge in [-0.05, 0) is 43.4 Å². The second-order valence-corrected chi connectivity index (χ2v) is 17.9. The van der Waals surface area contributed by atoms with Crippen molar-refractivity contribution in [2.75, 3.05) is 0 Å². The molecule has 0 aromatic carbocycles. The first kappa shape index (κ1) is 34.5. The molecule has 2 nitrogen and oxygen atoms in total. The van der Waals surface area contributed by atoms with Crippen molar-refractivity contribution in [3.8, 4) is 0 Å². The van der Waals surface area contributed by atoms with Gasteiger partial charge in [-0.1, -0.05) is 32.6 Å². The molecule has 2 heterocycles. The quantitative estimate of drug-likeness (QED) is 0.291. The van der Waals surface area contributed by atoms with Gasteiger partial charge in [-0.3, -0.25) is 4.79 Å². The summed E-state index contributed by atoms with van der Waals surface area (Å²) in [5.74, 6) is 6.26. The molecule has 0 saturated heterocycles. The van der Waals surface area contributed by atoms with Gasteiger partial charge < -0.3 is 0 Å². The summed E-state index contributed by atoms with van der Waals surface area (Å²) in [5, 5.41) is 10.9. The monoisotopic (exact) mass is 708 g/mol. The number of carbonyl (C=O) groups is 1. The summed E-state index contributed by atoms with van der Waals surface area (Å²) in [4.78, 5) is 17.8. The fourth-order valence-corrected chi connectivity index (χ4v) is 11.6. The van der Waals surface area contributed by atoms with Crippen molar-refractivity contribution in [3.05, 3.63) is 43.5 Å². The van der Waals surface area contributed by atoms with Crippen LogP contribution in [0.25, 0.3) is 0 Å². The molecule has 0 spiro atoms. The van der Waals surface area contributed by atoms with Crippen LogP contribution < -0.4 is 0 Å². The Bertz CT molecular complexity index is 916. The van der Waals surface area contributed by atoms with Gasteiger partial charge in [-0.2, -0.15) is 0 Å². The summed E-state index contributed by atoms with van der Waals surface area (Å²) >= 11 is 1.12. The number of hydrogen-bond acceptors (Lipinski definition) is 2. The SMILES string of the molecule is CCCC1CCC(C2CCC(=O)CC2)CC1.CCCC1CCC(C2CCC(O)(c3ccc[se]3)CC2)CC1.c1cc[se]c1. The van der Waals surface area contributed by atoms with Gasteiger partial charge in [-0.25, -0.2) is 0 Å². The third kappa shape index (κ3) is 10.9. The van der Waals surface area contributed by atoms with Crippen molar-refractivity contribution in [1.82, 2.24) is 0 Å². The second kappa shape index (κ2) is 18.6. The molecular weight excluding hydrogens is 646 g/mol. The molecule has 6 rings (SSSR count). The number of hydrogen-bond donors (Lipinski definition) is 1. The Labute approximate surface area is 270 Å². The molecule has 4 fully saturated rings. The molecule has 0 aliphatic heterocycles. The van der Waals surface area contributed by atoms with Crippen molar-refractivity contribution < 1.29 is 9.90 Å². The van der Waals surface area contributed by atoms with Gasteiger partial charge in [-0.15, -0.1) is 0 Å². The summed E-state index contributed by atoms with van der Waals surface area (Å²) in [6, 6.07) is 8.48. The van der Waals surface area contributed by atoms with Crippen LogP contribution in [0, 0.1) is 35.5 Å². The van der Waals surface area contributed by atoms with Crippen LogP contribution in [-0.2, 0) is 10.4 Å². The summed E-state index contributed by atoms with van der Waals surface area (Å²) in [5.41, 5.74) is -0.445. The number of aliphatic hydroxyl groups is 1. The molecule has 4 aliphatic rings. The van der Waals surface area contributed by atoms with Gasteiger partial charge in [0, 0.05) is 12.8 Å². The molecule has 236 valence electrons. The number of rotatable bonds is 7. The Kier molecular flexibility index (Phi) is 15.2. The van der Waals surface area contributed by atoms with Gasteiger partial charge in [0.05, 0.1) is 0 Å². The second-order valence-electron chi connectivity index (χ2n) is 14.2. The van der Waals surface area contributed by atoms with Crippen molar-refractivity contribution in [2.24, 2.45) is 35.5 Å². The van der Waals surface area contributed by atoms with Crippen molar-refractivity contribution in [1.29, 1.82) is 0 Å². The Morgan fingerprint density at radius 3 is 1.55 bits per heavy atom. The van der Waals surface area contributed by atoms with Crippen LogP contribution >= 0.6 is 0 Å². The van der Waals surface area contributed by atoms with E-state index < -0.39 is 5.60 Å². The van der Waals surface area contributed by atoms with Gasteiger partial charge in [0.15, 0.2) is 0 Å². The van der Waals surface area contributed by atoms with Crippen LogP contribution in [0.5, 0.6) is 0 Å². The number of carbonyl (C=O) groups excluding carboxylic acids is 1. The van der Waals surface area contributed by atoms with E-state index in [1.807, 2.05) is 0 Å². The van der Waals surface area contributed by atoms with Gasteiger partial charge in [0.1, 0.15) is 5.78 Å². The van der Waals surface area contributed by atoms with Crippen LogP contribution in [0.3, 0.4) is 0 Å². The van der Waals surface area contributed by atoms with Gasteiger partial charge >= 0.3 is 172 Å². The first-order chi connectivity index (χ1) is 20.5. The fraction of sp³-hybridized carbons (Fsp3) is 0.763. The standard InChI is InChI=1S/C19H30OSe.C15H26O.C4H4Se/c1-2-4-15-6-8-16(9-7-15)17-10-12-19(20,13-11-17)18-5-3-14-21-18;1-2-3-12-4-6-13(7-5-12)14-8-10-15(16)11-9-14;1-2-4-5-3-1/h3,5,14-17,20H,2,4,6-13H2,1H3;12-14H,2-11H2,1H3;1-4H. The zero-order chi connectivity index (χ0) is 29.6. The molecule has 2 aromatic rings. The minimum atomic E-state index is -0.445. The molecule has 4 heteroatoms. The molecule has 0 amide bonds. The number of ketones is 1. The molecule has 4 aliphatic carbocycles. The van der Waals surface area contributed by atoms with Crippen molar-refractivity contribution in [2.45, 2.75) is 148 Å². The maximum atomic E-state index is 11.2. The summed E-state index contributed by atoms with van der Waals surface area (Å²) in [6.07, 6.45) is 26.0. The molecule has 2 aromatic heterocycles. The average Bonchev–Trinajstić information content (AvgIpc) is 3.78. The fourth-order valence-electron chi connectivity index (χ4n) is 8.75. The zero-order valence-corrected chi connectivity index (χ0v) is 30.2. The maximum absolute atomic E-state index is 11.2. The zero-order valence-electron chi connectivity index (χ0n) is 26.8. The Morgan fingerprint density at radius 1 is 0.667 bits per heavy atom. The van der Waals surface area contributed by atoms with Crippen LogP contribution in [0.1, 0.15) is 147 Å². The summed E-state index contributed by atoms with van der Waals surface area (Å²) < 4.78 is 1.33. The summed E-state index contributed by atoms with van der Waals surface area (Å²) in [7, 11) is 0. The molecule has 1 N–H and O–H groups in total. The Balaban J connectivity index is 0.000000170. The van der Waals surface area contributed by atoms with Crippen LogP contribution in [-0.4, -0.2) is 39.9 Å². The molecular formula is C38H60O2Se2. The Hall–Kier alpha value is -0.371. The first-order valence-corrected chi connectivity index (χ1v) is 21.6. The van der Waals surface area contributed by atoms with Gasteiger partial charge in [0.25, 0.3) is 0 Å². The van der Waals surface area contributed by atoms with Crippen LogP contribution in [0.2, 0.25) is 0 Å².